The molecule has 4 nitrogen and oxygen atoms in total. The van der Waals surface area contributed by atoms with Gasteiger partial charge in [-0.15, -0.1) is 0 Å². The van der Waals surface area contributed by atoms with Gasteiger partial charge in [0.2, 0.25) is 0 Å². The van der Waals surface area contributed by atoms with Crippen LogP contribution in [0.2, 0.25) is 5.02 Å². The molecule has 3 aromatic rings. The molecule has 0 atom stereocenters. The molecule has 1 fully saturated rings. The molecule has 1 amide bonds. The minimum atomic E-state index is -4.49. The van der Waals surface area contributed by atoms with E-state index in [0.29, 0.717) is 4.91 Å². The molecule has 2 aromatic carbocycles. The van der Waals surface area contributed by atoms with Gasteiger partial charge in [-0.25, -0.2) is 4.99 Å². The van der Waals surface area contributed by atoms with Gasteiger partial charge < -0.3 is 5.32 Å². The number of rotatable bonds is 2. The average Bonchev–Trinajstić information content (AvgIpc) is 3.01. The molecule has 1 N–H and O–H groups in total. The number of hydrogen-bond donors (Lipinski definition) is 1. The lowest BCUT2D eigenvalue weighted by Gasteiger charge is -2.07. The second kappa shape index (κ2) is 7.53. The summed E-state index contributed by atoms with van der Waals surface area (Å²) in [5, 5.41) is 3.62. The molecule has 0 spiro atoms. The van der Waals surface area contributed by atoms with Crippen molar-refractivity contribution >= 4 is 57.1 Å². The van der Waals surface area contributed by atoms with Crippen LogP contribution in [0.3, 0.4) is 0 Å². The molecule has 0 aliphatic carbocycles. The second-order valence-electron chi connectivity index (χ2n) is 6.10. The van der Waals surface area contributed by atoms with E-state index in [4.69, 9.17) is 11.6 Å². The van der Waals surface area contributed by atoms with Gasteiger partial charge in [-0.2, -0.15) is 13.2 Å². The normalized spacial score (nSPS) is 17.3. The molecular weight excluding hydrogens is 423 g/mol. The van der Waals surface area contributed by atoms with Crippen LogP contribution in [-0.4, -0.2) is 16.1 Å². The number of carbonyl (C=O) groups excluding carboxylic acids is 1. The average molecular weight is 434 g/mol. The highest BCUT2D eigenvalue weighted by atomic mass is 35.5. The largest absolute Gasteiger partial charge is 0.416 e. The number of alkyl halides is 3. The third kappa shape index (κ3) is 4.28. The van der Waals surface area contributed by atoms with Gasteiger partial charge in [-0.1, -0.05) is 23.7 Å². The zero-order valence-corrected chi connectivity index (χ0v) is 16.1. The summed E-state index contributed by atoms with van der Waals surface area (Å²) in [5.41, 5.74) is 0.941. The maximum Gasteiger partial charge on any atom is 0.416 e. The van der Waals surface area contributed by atoms with Crippen LogP contribution in [0.15, 0.2) is 64.6 Å². The van der Waals surface area contributed by atoms with Crippen molar-refractivity contribution in [2.24, 2.45) is 4.99 Å². The van der Waals surface area contributed by atoms with Crippen LogP contribution in [0.4, 0.5) is 18.9 Å². The van der Waals surface area contributed by atoms with Crippen LogP contribution in [0.25, 0.3) is 17.0 Å². The van der Waals surface area contributed by atoms with E-state index in [1.165, 1.54) is 6.07 Å². The van der Waals surface area contributed by atoms with Crippen molar-refractivity contribution in [1.29, 1.82) is 0 Å². The summed E-state index contributed by atoms with van der Waals surface area (Å²) in [7, 11) is 0. The first kappa shape index (κ1) is 19.5. The summed E-state index contributed by atoms with van der Waals surface area (Å²) in [6.07, 6.45) is -1.07. The number of hydrogen-bond acceptors (Lipinski definition) is 4. The van der Waals surface area contributed by atoms with E-state index in [9.17, 15) is 18.0 Å². The Balaban J connectivity index is 1.59. The van der Waals surface area contributed by atoms with Crippen LogP contribution in [0.1, 0.15) is 11.1 Å². The predicted molar refractivity (Wildman–Crippen MR) is 109 cm³/mol. The van der Waals surface area contributed by atoms with Gasteiger partial charge in [0.1, 0.15) is 0 Å². The summed E-state index contributed by atoms with van der Waals surface area (Å²) in [5.74, 6) is -0.344. The maximum atomic E-state index is 12.7. The van der Waals surface area contributed by atoms with E-state index in [1.54, 1.807) is 12.3 Å². The fourth-order valence-corrected chi connectivity index (χ4v) is 3.76. The van der Waals surface area contributed by atoms with E-state index in [-0.39, 0.29) is 21.8 Å². The Bertz CT molecular complexity index is 1190. The standard InChI is InChI=1S/C20H11ClF3N3OS/c21-14-10-13(20(22,23)24)4-6-16(14)26-19-27-18(28)17(29-19)9-11-3-5-15-12(8-11)2-1-7-25-15/h1-10H,(H,26,27,28)/b17-9+. The number of amidine groups is 1. The van der Waals surface area contributed by atoms with Crippen molar-refractivity contribution in [2.45, 2.75) is 6.18 Å². The van der Waals surface area contributed by atoms with Crippen LogP contribution in [0, 0.1) is 0 Å². The number of aliphatic imine (C=N–C) groups is 1. The highest BCUT2D eigenvalue weighted by molar-refractivity contribution is 8.18. The number of amides is 1. The molecular formula is C20H11ClF3N3OS. The van der Waals surface area contributed by atoms with Crippen molar-refractivity contribution in [1.82, 2.24) is 10.3 Å². The molecule has 146 valence electrons. The summed E-state index contributed by atoms with van der Waals surface area (Å²) < 4.78 is 38.2. The summed E-state index contributed by atoms with van der Waals surface area (Å²) in [6.45, 7) is 0. The Hall–Kier alpha value is -2.84. The molecule has 1 aromatic heterocycles. The van der Waals surface area contributed by atoms with Crippen molar-refractivity contribution in [3.8, 4) is 0 Å². The number of nitrogens with one attached hydrogen (secondary N) is 1. The SMILES string of the molecule is O=C1NC(=Nc2ccc(C(F)(F)F)cc2Cl)S/C1=C/c1ccc2ncccc2c1. The lowest BCUT2D eigenvalue weighted by Crippen LogP contribution is -2.19. The van der Waals surface area contributed by atoms with Gasteiger partial charge in [0.15, 0.2) is 5.17 Å². The van der Waals surface area contributed by atoms with Gasteiger partial charge in [0.25, 0.3) is 5.91 Å². The van der Waals surface area contributed by atoms with Gasteiger partial charge in [-0.05, 0) is 59.8 Å². The maximum absolute atomic E-state index is 12.7. The van der Waals surface area contributed by atoms with Gasteiger partial charge in [0, 0.05) is 11.6 Å². The van der Waals surface area contributed by atoms with Gasteiger partial charge in [0.05, 0.1) is 26.7 Å². The molecule has 1 saturated heterocycles. The topological polar surface area (TPSA) is 54.4 Å². The highest BCUT2D eigenvalue weighted by Crippen LogP contribution is 2.36. The zero-order chi connectivity index (χ0) is 20.6. The molecule has 0 bridgehead atoms. The molecule has 1 aliphatic heterocycles. The van der Waals surface area contributed by atoms with Crippen molar-refractivity contribution < 1.29 is 18.0 Å². The molecule has 0 unspecified atom stereocenters. The Kier molecular flexibility index (Phi) is 5.06. The third-order valence-electron chi connectivity index (χ3n) is 4.07. The quantitative estimate of drug-likeness (QED) is 0.520. The number of thioether (sulfide) groups is 1. The number of pyridine rings is 1. The number of carbonyl (C=O) groups is 1. The Morgan fingerprint density at radius 2 is 1.97 bits per heavy atom. The number of nitrogens with zero attached hydrogens (tertiary/aromatic N) is 2. The summed E-state index contributed by atoms with van der Waals surface area (Å²) in [6, 6.07) is 12.2. The number of halogens is 4. The van der Waals surface area contributed by atoms with Crippen molar-refractivity contribution in [3.63, 3.8) is 0 Å². The number of aromatic nitrogens is 1. The van der Waals surface area contributed by atoms with E-state index in [1.807, 2.05) is 30.3 Å². The first-order valence-corrected chi connectivity index (χ1v) is 9.50. The third-order valence-corrected chi connectivity index (χ3v) is 5.29. The number of fused-ring (bicyclic) bond motifs is 1. The molecule has 9 heteroatoms. The molecule has 4 rings (SSSR count). The van der Waals surface area contributed by atoms with Crippen LogP contribution >= 0.6 is 23.4 Å². The monoisotopic (exact) mass is 433 g/mol. The second-order valence-corrected chi connectivity index (χ2v) is 7.54. The lowest BCUT2D eigenvalue weighted by molar-refractivity contribution is -0.137. The Morgan fingerprint density at radius 3 is 2.72 bits per heavy atom. The number of benzene rings is 2. The Morgan fingerprint density at radius 1 is 1.14 bits per heavy atom. The molecule has 0 radical (unpaired) electrons. The van der Waals surface area contributed by atoms with Crippen LogP contribution < -0.4 is 5.32 Å². The smallest absolute Gasteiger partial charge is 0.300 e. The van der Waals surface area contributed by atoms with Crippen molar-refractivity contribution in [2.75, 3.05) is 0 Å². The fraction of sp³-hybridized carbons (Fsp3) is 0.0500. The van der Waals surface area contributed by atoms with Crippen LogP contribution in [0.5, 0.6) is 0 Å². The first-order valence-electron chi connectivity index (χ1n) is 8.31. The summed E-state index contributed by atoms with van der Waals surface area (Å²) >= 11 is 7.01. The van der Waals surface area contributed by atoms with Crippen molar-refractivity contribution in [3.05, 3.63) is 75.8 Å². The Labute approximate surface area is 172 Å². The first-order chi connectivity index (χ1) is 13.8. The molecule has 29 heavy (non-hydrogen) atoms. The van der Waals surface area contributed by atoms with Crippen LogP contribution in [-0.2, 0) is 11.0 Å². The predicted octanol–water partition coefficient (Wildman–Crippen LogP) is 5.80. The fourth-order valence-electron chi connectivity index (χ4n) is 2.70. The van der Waals surface area contributed by atoms with E-state index in [0.717, 1.165) is 40.4 Å². The van der Waals surface area contributed by atoms with Gasteiger partial charge >= 0.3 is 6.18 Å². The molecule has 0 saturated carbocycles. The minimum absolute atomic E-state index is 0.139. The van der Waals surface area contributed by atoms with E-state index in [2.05, 4.69) is 15.3 Å². The molecule has 1 aliphatic rings. The highest BCUT2D eigenvalue weighted by Gasteiger charge is 2.31. The van der Waals surface area contributed by atoms with E-state index < -0.39 is 11.7 Å². The molecule has 2 heterocycles. The minimum Gasteiger partial charge on any atom is -0.300 e. The zero-order valence-electron chi connectivity index (χ0n) is 14.5. The lowest BCUT2D eigenvalue weighted by atomic mass is 10.1. The van der Waals surface area contributed by atoms with E-state index >= 15 is 0 Å². The van der Waals surface area contributed by atoms with Gasteiger partial charge in [-0.3, -0.25) is 9.78 Å². The summed E-state index contributed by atoms with van der Waals surface area (Å²) in [4.78, 5) is 21.1.